The molecule has 4 heteroatoms. The third-order valence-corrected chi connectivity index (χ3v) is 3.56. The molecular formula is C14H20F2N2. The van der Waals surface area contributed by atoms with Crippen molar-refractivity contribution in [1.82, 2.24) is 4.90 Å². The maximum atomic E-state index is 13.9. The van der Waals surface area contributed by atoms with Gasteiger partial charge in [-0.15, -0.1) is 0 Å². The number of likely N-dealkylation sites (tertiary alicyclic amines) is 1. The predicted octanol–water partition coefficient (Wildman–Crippen LogP) is 2.84. The number of hydrogen-bond donors (Lipinski definition) is 1. The first-order chi connectivity index (χ1) is 8.59. The number of rotatable bonds is 3. The Balaban J connectivity index is 2.28. The van der Waals surface area contributed by atoms with E-state index in [-0.39, 0.29) is 12.1 Å². The molecule has 2 rings (SSSR count). The lowest BCUT2D eigenvalue weighted by molar-refractivity contribution is 0.143. The normalized spacial score (nSPS) is 20.7. The first-order valence-electron chi connectivity index (χ1n) is 6.54. The van der Waals surface area contributed by atoms with E-state index in [0.717, 1.165) is 32.0 Å². The number of nitrogens with zero attached hydrogens (tertiary/aromatic N) is 1. The lowest BCUT2D eigenvalue weighted by Gasteiger charge is -2.37. The van der Waals surface area contributed by atoms with E-state index < -0.39 is 11.6 Å². The van der Waals surface area contributed by atoms with Crippen molar-refractivity contribution in [3.63, 3.8) is 0 Å². The molecule has 100 valence electrons. The van der Waals surface area contributed by atoms with E-state index in [0.29, 0.717) is 5.56 Å². The second-order valence-corrected chi connectivity index (χ2v) is 5.07. The molecule has 0 saturated carbocycles. The summed E-state index contributed by atoms with van der Waals surface area (Å²) < 4.78 is 26.9. The molecule has 0 aromatic heterocycles. The van der Waals surface area contributed by atoms with Gasteiger partial charge in [-0.2, -0.15) is 0 Å². The van der Waals surface area contributed by atoms with Gasteiger partial charge in [0, 0.05) is 17.7 Å². The average Bonchev–Trinajstić information content (AvgIpc) is 2.33. The number of benzene rings is 1. The minimum atomic E-state index is -0.543. The van der Waals surface area contributed by atoms with Crippen molar-refractivity contribution in [2.75, 3.05) is 13.1 Å². The Kier molecular flexibility index (Phi) is 4.30. The van der Waals surface area contributed by atoms with Crippen molar-refractivity contribution in [2.24, 2.45) is 5.73 Å². The largest absolute Gasteiger partial charge is 0.326 e. The number of piperidine rings is 1. The minimum absolute atomic E-state index is 0.161. The van der Waals surface area contributed by atoms with Crippen molar-refractivity contribution in [2.45, 2.75) is 38.3 Å². The van der Waals surface area contributed by atoms with Gasteiger partial charge >= 0.3 is 0 Å². The fraction of sp³-hybridized carbons (Fsp3) is 0.571. The van der Waals surface area contributed by atoms with E-state index in [9.17, 15) is 8.78 Å². The molecule has 1 heterocycles. The molecule has 0 bridgehead atoms. The number of nitrogens with two attached hydrogens (primary N) is 1. The molecule has 2 N–H and O–H groups in total. The van der Waals surface area contributed by atoms with Crippen LogP contribution in [0.5, 0.6) is 0 Å². The van der Waals surface area contributed by atoms with Crippen molar-refractivity contribution in [3.8, 4) is 0 Å². The van der Waals surface area contributed by atoms with Crippen molar-refractivity contribution in [3.05, 3.63) is 35.4 Å². The zero-order chi connectivity index (χ0) is 13.1. The van der Waals surface area contributed by atoms with E-state index in [1.165, 1.54) is 18.6 Å². The first-order valence-corrected chi connectivity index (χ1v) is 6.54. The zero-order valence-corrected chi connectivity index (χ0v) is 10.7. The molecule has 18 heavy (non-hydrogen) atoms. The van der Waals surface area contributed by atoms with E-state index in [1.807, 2.05) is 6.92 Å². The Hall–Kier alpha value is -1.00. The summed E-state index contributed by atoms with van der Waals surface area (Å²) in [5.41, 5.74) is 6.51. The van der Waals surface area contributed by atoms with Crippen LogP contribution in [0.4, 0.5) is 8.78 Å². The summed E-state index contributed by atoms with van der Waals surface area (Å²) in [5.74, 6) is -1.04. The van der Waals surface area contributed by atoms with Crippen LogP contribution >= 0.6 is 0 Å². The molecule has 2 unspecified atom stereocenters. The van der Waals surface area contributed by atoms with Crippen LogP contribution in [0.15, 0.2) is 18.2 Å². The van der Waals surface area contributed by atoms with E-state index in [1.54, 1.807) is 0 Å². The predicted molar refractivity (Wildman–Crippen MR) is 68.2 cm³/mol. The molecule has 1 fully saturated rings. The van der Waals surface area contributed by atoms with Gasteiger partial charge in [0.15, 0.2) is 0 Å². The van der Waals surface area contributed by atoms with E-state index >= 15 is 0 Å². The fourth-order valence-electron chi connectivity index (χ4n) is 2.75. The third-order valence-electron chi connectivity index (χ3n) is 3.56. The summed E-state index contributed by atoms with van der Waals surface area (Å²) in [4.78, 5) is 2.21. The van der Waals surface area contributed by atoms with Gasteiger partial charge in [0.05, 0.1) is 6.04 Å². The average molecular weight is 254 g/mol. The molecule has 0 spiro atoms. The fourth-order valence-corrected chi connectivity index (χ4v) is 2.75. The van der Waals surface area contributed by atoms with Crippen LogP contribution in [0.3, 0.4) is 0 Å². The Labute approximate surface area is 107 Å². The summed E-state index contributed by atoms with van der Waals surface area (Å²) in [5, 5.41) is 0. The first kappa shape index (κ1) is 13.4. The number of halogens is 2. The highest BCUT2D eigenvalue weighted by Gasteiger charge is 2.27. The molecule has 1 aliphatic rings. The molecule has 0 amide bonds. The third kappa shape index (κ3) is 2.87. The Morgan fingerprint density at radius 2 is 1.83 bits per heavy atom. The van der Waals surface area contributed by atoms with Crippen LogP contribution in [0.1, 0.15) is 37.8 Å². The lowest BCUT2D eigenvalue weighted by Crippen LogP contribution is -2.42. The molecule has 0 aliphatic carbocycles. The van der Waals surface area contributed by atoms with Gasteiger partial charge in [-0.25, -0.2) is 8.78 Å². The van der Waals surface area contributed by atoms with Crippen molar-refractivity contribution in [1.29, 1.82) is 0 Å². The standard InChI is InChI=1S/C14H20F2N2/c1-10(17)14(18-7-3-2-4-8-18)12-6-5-11(15)9-13(12)16/h5-6,9-10,14H,2-4,7-8,17H2,1H3. The molecule has 1 aromatic carbocycles. The maximum absolute atomic E-state index is 13.9. The lowest BCUT2D eigenvalue weighted by atomic mass is 9.96. The number of hydrogen-bond acceptors (Lipinski definition) is 2. The van der Waals surface area contributed by atoms with Crippen LogP contribution < -0.4 is 5.73 Å². The smallest absolute Gasteiger partial charge is 0.130 e. The van der Waals surface area contributed by atoms with E-state index in [2.05, 4.69) is 4.90 Å². The second-order valence-electron chi connectivity index (χ2n) is 5.07. The van der Waals surface area contributed by atoms with Crippen LogP contribution in [0.25, 0.3) is 0 Å². The van der Waals surface area contributed by atoms with Crippen molar-refractivity contribution < 1.29 is 8.78 Å². The summed E-state index contributed by atoms with van der Waals surface area (Å²) in [6, 6.07) is 3.42. The summed E-state index contributed by atoms with van der Waals surface area (Å²) >= 11 is 0. The highest BCUT2D eigenvalue weighted by Crippen LogP contribution is 2.29. The van der Waals surface area contributed by atoms with Crippen molar-refractivity contribution >= 4 is 0 Å². The topological polar surface area (TPSA) is 29.3 Å². The Bertz CT molecular complexity index is 401. The maximum Gasteiger partial charge on any atom is 0.130 e. The van der Waals surface area contributed by atoms with Gasteiger partial charge in [-0.05, 0) is 38.9 Å². The van der Waals surface area contributed by atoms with Gasteiger partial charge in [-0.3, -0.25) is 4.90 Å². The quantitative estimate of drug-likeness (QED) is 0.898. The van der Waals surface area contributed by atoms with Crippen LogP contribution in [0, 0.1) is 11.6 Å². The Morgan fingerprint density at radius 3 is 2.39 bits per heavy atom. The Morgan fingerprint density at radius 1 is 1.17 bits per heavy atom. The SMILES string of the molecule is CC(N)C(c1ccc(F)cc1F)N1CCCCC1. The molecule has 1 saturated heterocycles. The molecule has 0 radical (unpaired) electrons. The van der Waals surface area contributed by atoms with E-state index in [4.69, 9.17) is 5.73 Å². The zero-order valence-electron chi connectivity index (χ0n) is 10.7. The summed E-state index contributed by atoms with van der Waals surface area (Å²) in [6.07, 6.45) is 3.45. The molecular weight excluding hydrogens is 234 g/mol. The van der Waals surface area contributed by atoms with Gasteiger partial charge in [-0.1, -0.05) is 12.5 Å². The highest BCUT2D eigenvalue weighted by molar-refractivity contribution is 5.23. The van der Waals surface area contributed by atoms with Crippen LogP contribution in [0.2, 0.25) is 0 Å². The van der Waals surface area contributed by atoms with Gasteiger partial charge in [0.25, 0.3) is 0 Å². The molecule has 1 aliphatic heterocycles. The van der Waals surface area contributed by atoms with Gasteiger partial charge in [0.2, 0.25) is 0 Å². The minimum Gasteiger partial charge on any atom is -0.326 e. The monoisotopic (exact) mass is 254 g/mol. The molecule has 2 atom stereocenters. The van der Waals surface area contributed by atoms with Gasteiger partial charge in [0.1, 0.15) is 11.6 Å². The second kappa shape index (κ2) is 5.76. The molecule has 1 aromatic rings. The summed E-state index contributed by atoms with van der Waals surface area (Å²) in [6.45, 7) is 3.74. The summed E-state index contributed by atoms with van der Waals surface area (Å²) in [7, 11) is 0. The van der Waals surface area contributed by atoms with Crippen LogP contribution in [-0.2, 0) is 0 Å². The highest BCUT2D eigenvalue weighted by atomic mass is 19.1. The van der Waals surface area contributed by atoms with Gasteiger partial charge < -0.3 is 5.73 Å². The van der Waals surface area contributed by atoms with Crippen LogP contribution in [-0.4, -0.2) is 24.0 Å². The molecule has 2 nitrogen and oxygen atoms in total.